The SMILES string of the molecule is O=C(Nc1ccccn1)C1CC(=O)N(C2NNC3CCCCC32)C1. The van der Waals surface area contributed by atoms with Gasteiger partial charge in [0.05, 0.1) is 12.1 Å². The number of aromatic nitrogens is 1. The zero-order valence-electron chi connectivity index (χ0n) is 13.6. The van der Waals surface area contributed by atoms with E-state index in [9.17, 15) is 9.59 Å². The molecule has 1 aliphatic carbocycles. The van der Waals surface area contributed by atoms with Crippen molar-refractivity contribution in [2.45, 2.75) is 44.3 Å². The maximum absolute atomic E-state index is 12.5. The molecular formula is C17H23N5O2. The molecule has 4 rings (SSSR count). The van der Waals surface area contributed by atoms with E-state index in [2.05, 4.69) is 21.2 Å². The second kappa shape index (κ2) is 6.49. The van der Waals surface area contributed by atoms with Crippen molar-refractivity contribution in [2.24, 2.45) is 11.8 Å². The van der Waals surface area contributed by atoms with Crippen molar-refractivity contribution in [1.82, 2.24) is 20.7 Å². The van der Waals surface area contributed by atoms with Crippen LogP contribution in [0.2, 0.25) is 0 Å². The van der Waals surface area contributed by atoms with Crippen LogP contribution in [0.15, 0.2) is 24.4 Å². The summed E-state index contributed by atoms with van der Waals surface area (Å²) >= 11 is 0. The Labute approximate surface area is 141 Å². The number of nitrogens with zero attached hydrogens (tertiary/aromatic N) is 2. The third-order valence-electron chi connectivity index (χ3n) is 5.42. The largest absolute Gasteiger partial charge is 0.325 e. The molecule has 3 N–H and O–H groups in total. The van der Waals surface area contributed by atoms with E-state index in [-0.39, 0.29) is 30.3 Å². The molecule has 3 aliphatic rings. The number of pyridine rings is 1. The van der Waals surface area contributed by atoms with Crippen LogP contribution in [0, 0.1) is 11.8 Å². The smallest absolute Gasteiger partial charge is 0.230 e. The highest BCUT2D eigenvalue weighted by Crippen LogP contribution is 2.34. The summed E-state index contributed by atoms with van der Waals surface area (Å²) in [7, 11) is 0. The molecule has 3 heterocycles. The van der Waals surface area contributed by atoms with Crippen molar-refractivity contribution in [3.05, 3.63) is 24.4 Å². The number of likely N-dealkylation sites (tertiary alicyclic amines) is 1. The lowest BCUT2D eigenvalue weighted by molar-refractivity contribution is -0.131. The number of carbonyl (C=O) groups excluding carboxylic acids is 2. The molecular weight excluding hydrogens is 306 g/mol. The number of hydrazine groups is 1. The van der Waals surface area contributed by atoms with Gasteiger partial charge in [0.15, 0.2) is 0 Å². The lowest BCUT2D eigenvalue weighted by Gasteiger charge is -2.32. The number of carbonyl (C=O) groups is 2. The zero-order valence-corrected chi connectivity index (χ0v) is 13.6. The fourth-order valence-electron chi connectivity index (χ4n) is 4.17. The van der Waals surface area contributed by atoms with Crippen molar-refractivity contribution >= 4 is 17.6 Å². The predicted octanol–water partition coefficient (Wildman–Crippen LogP) is 0.861. The minimum Gasteiger partial charge on any atom is -0.325 e. The van der Waals surface area contributed by atoms with Crippen LogP contribution in [-0.4, -0.2) is 40.5 Å². The summed E-state index contributed by atoms with van der Waals surface area (Å²) in [5, 5.41) is 2.81. The van der Waals surface area contributed by atoms with Gasteiger partial charge in [0.25, 0.3) is 0 Å². The Hall–Kier alpha value is -1.99. The van der Waals surface area contributed by atoms with Gasteiger partial charge in [0, 0.05) is 31.1 Å². The molecule has 7 nitrogen and oxygen atoms in total. The van der Waals surface area contributed by atoms with Crippen LogP contribution >= 0.6 is 0 Å². The van der Waals surface area contributed by atoms with Gasteiger partial charge in [-0.05, 0) is 25.0 Å². The Balaban J connectivity index is 1.40. The van der Waals surface area contributed by atoms with Crippen LogP contribution in [0.4, 0.5) is 5.82 Å². The molecule has 0 spiro atoms. The van der Waals surface area contributed by atoms with Crippen LogP contribution in [0.5, 0.6) is 0 Å². The monoisotopic (exact) mass is 329 g/mol. The van der Waals surface area contributed by atoms with E-state index >= 15 is 0 Å². The van der Waals surface area contributed by atoms with E-state index in [0.29, 0.717) is 24.3 Å². The lowest BCUT2D eigenvalue weighted by Crippen LogP contribution is -2.48. The van der Waals surface area contributed by atoms with Crippen LogP contribution in [0.25, 0.3) is 0 Å². The molecule has 1 aromatic heterocycles. The minimum atomic E-state index is -0.316. The average Bonchev–Trinajstić information content (AvgIpc) is 3.19. The zero-order chi connectivity index (χ0) is 16.5. The van der Waals surface area contributed by atoms with Gasteiger partial charge in [-0.25, -0.2) is 10.4 Å². The third kappa shape index (κ3) is 2.89. The summed E-state index contributed by atoms with van der Waals surface area (Å²) in [5.74, 6) is 0.586. The molecule has 0 aromatic carbocycles. The van der Waals surface area contributed by atoms with Gasteiger partial charge in [0.2, 0.25) is 11.8 Å². The molecule has 1 saturated carbocycles. The first kappa shape index (κ1) is 15.5. The van der Waals surface area contributed by atoms with Crippen molar-refractivity contribution < 1.29 is 9.59 Å². The van der Waals surface area contributed by atoms with E-state index in [4.69, 9.17) is 0 Å². The van der Waals surface area contributed by atoms with Crippen LogP contribution < -0.4 is 16.2 Å². The highest BCUT2D eigenvalue weighted by Gasteiger charge is 2.46. The number of amides is 2. The first-order valence-electron chi connectivity index (χ1n) is 8.75. The average molecular weight is 329 g/mol. The molecule has 4 atom stereocenters. The number of hydrogen-bond acceptors (Lipinski definition) is 5. The number of fused-ring (bicyclic) bond motifs is 1. The molecule has 7 heteroatoms. The molecule has 2 aliphatic heterocycles. The maximum Gasteiger partial charge on any atom is 0.230 e. The normalized spacial score (nSPS) is 32.7. The molecule has 3 fully saturated rings. The Morgan fingerprint density at radius 2 is 2.12 bits per heavy atom. The first-order chi connectivity index (χ1) is 11.7. The molecule has 2 amide bonds. The number of rotatable bonds is 3. The number of hydrogen-bond donors (Lipinski definition) is 3. The first-order valence-corrected chi connectivity index (χ1v) is 8.75. The third-order valence-corrected chi connectivity index (χ3v) is 5.42. The molecule has 2 saturated heterocycles. The fourth-order valence-corrected chi connectivity index (χ4v) is 4.17. The van der Waals surface area contributed by atoms with Crippen LogP contribution in [0.1, 0.15) is 32.1 Å². The van der Waals surface area contributed by atoms with E-state index in [0.717, 1.165) is 12.8 Å². The summed E-state index contributed by atoms with van der Waals surface area (Å²) < 4.78 is 0. The second-order valence-electron chi connectivity index (χ2n) is 6.94. The molecule has 0 radical (unpaired) electrons. The number of anilines is 1. The number of nitrogens with one attached hydrogen (secondary N) is 3. The summed E-state index contributed by atoms with van der Waals surface area (Å²) in [6.45, 7) is 0.472. The van der Waals surface area contributed by atoms with Gasteiger partial charge < -0.3 is 10.2 Å². The Morgan fingerprint density at radius 1 is 1.25 bits per heavy atom. The lowest BCUT2D eigenvalue weighted by atomic mass is 9.84. The van der Waals surface area contributed by atoms with Crippen molar-refractivity contribution in [3.63, 3.8) is 0 Å². The topological polar surface area (TPSA) is 86.4 Å². The summed E-state index contributed by atoms with van der Waals surface area (Å²) in [6.07, 6.45) is 6.66. The van der Waals surface area contributed by atoms with E-state index in [1.54, 1.807) is 18.3 Å². The van der Waals surface area contributed by atoms with Gasteiger partial charge in [-0.1, -0.05) is 18.9 Å². The minimum absolute atomic E-state index is 0.00968. The molecule has 1 aromatic rings. The maximum atomic E-state index is 12.5. The van der Waals surface area contributed by atoms with Crippen molar-refractivity contribution in [2.75, 3.05) is 11.9 Å². The standard InChI is InChI=1S/C17H23N5O2/c23-15-9-11(17(24)19-14-7-3-4-8-18-14)10-22(15)16-12-5-1-2-6-13(12)20-21-16/h3-4,7-8,11-13,16,20-21H,1-2,5-6,9-10H2,(H,18,19,24). The summed E-state index contributed by atoms with van der Waals surface area (Å²) in [5.41, 5.74) is 6.63. The van der Waals surface area contributed by atoms with Crippen molar-refractivity contribution in [3.8, 4) is 0 Å². The van der Waals surface area contributed by atoms with Crippen molar-refractivity contribution in [1.29, 1.82) is 0 Å². The Morgan fingerprint density at radius 3 is 2.96 bits per heavy atom. The van der Waals surface area contributed by atoms with Gasteiger partial charge >= 0.3 is 0 Å². The van der Waals surface area contributed by atoms with Gasteiger partial charge in [0.1, 0.15) is 5.82 Å². The Bertz CT molecular complexity index is 623. The van der Waals surface area contributed by atoms with Gasteiger partial charge in [-0.2, -0.15) is 0 Å². The van der Waals surface area contributed by atoms with E-state index in [1.165, 1.54) is 12.8 Å². The highest BCUT2D eigenvalue weighted by atomic mass is 16.2. The fraction of sp³-hybridized carbons (Fsp3) is 0.588. The van der Waals surface area contributed by atoms with E-state index < -0.39 is 0 Å². The quantitative estimate of drug-likeness (QED) is 0.766. The van der Waals surface area contributed by atoms with Gasteiger partial charge in [-0.3, -0.25) is 15.0 Å². The summed E-state index contributed by atoms with van der Waals surface area (Å²) in [4.78, 5) is 30.9. The van der Waals surface area contributed by atoms with E-state index in [1.807, 2.05) is 11.0 Å². The molecule has 4 unspecified atom stereocenters. The van der Waals surface area contributed by atoms with Gasteiger partial charge in [-0.15, -0.1) is 0 Å². The molecule has 24 heavy (non-hydrogen) atoms. The molecule has 128 valence electrons. The predicted molar refractivity (Wildman–Crippen MR) is 88.5 cm³/mol. The second-order valence-corrected chi connectivity index (χ2v) is 6.94. The Kier molecular flexibility index (Phi) is 4.20. The molecule has 0 bridgehead atoms. The summed E-state index contributed by atoms with van der Waals surface area (Å²) in [6, 6.07) is 5.82. The van der Waals surface area contributed by atoms with Crippen LogP contribution in [0.3, 0.4) is 0 Å². The van der Waals surface area contributed by atoms with Crippen LogP contribution in [-0.2, 0) is 9.59 Å². The highest BCUT2D eigenvalue weighted by molar-refractivity contribution is 5.96.